The van der Waals surface area contributed by atoms with Crippen molar-refractivity contribution in [3.05, 3.63) is 36.2 Å². The molecule has 0 N–H and O–H groups in total. The van der Waals surface area contributed by atoms with Crippen molar-refractivity contribution in [1.82, 2.24) is 14.9 Å². The summed E-state index contributed by atoms with van der Waals surface area (Å²) in [5.41, 5.74) is 2.14. The SMILES string of the molecule is O=C(c1cccc2nccnc12)N1CCCC(CCBr)C1. The number of benzene rings is 1. The van der Waals surface area contributed by atoms with Gasteiger partial charge in [0.25, 0.3) is 5.91 Å². The summed E-state index contributed by atoms with van der Waals surface area (Å²) in [6.45, 7) is 1.69. The summed E-state index contributed by atoms with van der Waals surface area (Å²) in [4.78, 5) is 23.4. The topological polar surface area (TPSA) is 46.1 Å². The molecule has 21 heavy (non-hydrogen) atoms. The predicted molar refractivity (Wildman–Crippen MR) is 86.6 cm³/mol. The van der Waals surface area contributed by atoms with Crippen molar-refractivity contribution < 1.29 is 4.79 Å². The van der Waals surface area contributed by atoms with Crippen molar-refractivity contribution >= 4 is 32.9 Å². The third kappa shape index (κ3) is 3.07. The Morgan fingerprint density at radius 2 is 2.19 bits per heavy atom. The molecule has 1 aliphatic rings. The monoisotopic (exact) mass is 347 g/mol. The van der Waals surface area contributed by atoms with Crippen LogP contribution < -0.4 is 0 Å². The zero-order chi connectivity index (χ0) is 14.7. The average molecular weight is 348 g/mol. The van der Waals surface area contributed by atoms with Crippen LogP contribution >= 0.6 is 15.9 Å². The normalized spacial score (nSPS) is 18.9. The molecule has 0 aliphatic carbocycles. The Morgan fingerprint density at radius 3 is 3.05 bits per heavy atom. The molecular formula is C16H18BrN3O. The number of hydrogen-bond acceptors (Lipinski definition) is 3. The average Bonchev–Trinajstić information content (AvgIpc) is 2.54. The van der Waals surface area contributed by atoms with Crippen LogP contribution in [0.4, 0.5) is 0 Å². The molecule has 0 spiro atoms. The number of rotatable bonds is 3. The van der Waals surface area contributed by atoms with Gasteiger partial charge in [0.1, 0.15) is 5.52 Å². The van der Waals surface area contributed by atoms with Crippen molar-refractivity contribution in [2.24, 2.45) is 5.92 Å². The third-order valence-corrected chi connectivity index (χ3v) is 4.51. The van der Waals surface area contributed by atoms with Crippen molar-refractivity contribution in [1.29, 1.82) is 0 Å². The van der Waals surface area contributed by atoms with Gasteiger partial charge in [-0.3, -0.25) is 14.8 Å². The fraction of sp³-hybridized carbons (Fsp3) is 0.438. The highest BCUT2D eigenvalue weighted by atomic mass is 79.9. The van der Waals surface area contributed by atoms with Crippen LogP contribution in [0, 0.1) is 5.92 Å². The van der Waals surface area contributed by atoms with Crippen molar-refractivity contribution in [2.45, 2.75) is 19.3 Å². The van der Waals surface area contributed by atoms with E-state index >= 15 is 0 Å². The zero-order valence-corrected chi connectivity index (χ0v) is 13.4. The summed E-state index contributed by atoms with van der Waals surface area (Å²) in [5.74, 6) is 0.684. The van der Waals surface area contributed by atoms with E-state index < -0.39 is 0 Å². The fourth-order valence-corrected chi connectivity index (χ4v) is 3.62. The van der Waals surface area contributed by atoms with Gasteiger partial charge < -0.3 is 4.90 Å². The van der Waals surface area contributed by atoms with E-state index in [0.29, 0.717) is 17.0 Å². The quantitative estimate of drug-likeness (QED) is 0.800. The zero-order valence-electron chi connectivity index (χ0n) is 11.8. The Bertz CT molecular complexity index is 639. The number of aromatic nitrogens is 2. The molecule has 0 bridgehead atoms. The number of piperidine rings is 1. The maximum Gasteiger partial charge on any atom is 0.256 e. The lowest BCUT2D eigenvalue weighted by atomic mass is 9.95. The van der Waals surface area contributed by atoms with Gasteiger partial charge in [-0.2, -0.15) is 0 Å². The summed E-state index contributed by atoms with van der Waals surface area (Å²) in [7, 11) is 0. The van der Waals surface area contributed by atoms with E-state index in [2.05, 4.69) is 25.9 Å². The Morgan fingerprint density at radius 1 is 1.33 bits per heavy atom. The van der Waals surface area contributed by atoms with Gasteiger partial charge in [0.15, 0.2) is 0 Å². The molecule has 2 heterocycles. The van der Waals surface area contributed by atoms with Crippen LogP contribution in [0.5, 0.6) is 0 Å². The molecule has 1 atom stereocenters. The predicted octanol–water partition coefficient (Wildman–Crippen LogP) is 3.27. The van der Waals surface area contributed by atoms with E-state index in [0.717, 1.165) is 36.8 Å². The number of para-hydroxylation sites is 1. The molecule has 4 nitrogen and oxygen atoms in total. The Labute approximate surface area is 132 Å². The Hall–Kier alpha value is -1.49. The van der Waals surface area contributed by atoms with Crippen molar-refractivity contribution in [2.75, 3.05) is 18.4 Å². The summed E-state index contributed by atoms with van der Waals surface area (Å²) in [5, 5.41) is 0.999. The standard InChI is InChI=1S/C16H18BrN3O/c17-7-6-12-3-2-10-20(11-12)16(21)13-4-1-5-14-15(13)19-9-8-18-14/h1,4-5,8-9,12H,2-3,6-7,10-11H2. The second-order valence-electron chi connectivity index (χ2n) is 5.47. The number of halogens is 1. The van der Waals surface area contributed by atoms with Crippen molar-refractivity contribution in [3.8, 4) is 0 Å². The summed E-state index contributed by atoms with van der Waals surface area (Å²) >= 11 is 3.50. The number of alkyl halides is 1. The number of carbonyl (C=O) groups is 1. The lowest BCUT2D eigenvalue weighted by Crippen LogP contribution is -2.40. The second-order valence-corrected chi connectivity index (χ2v) is 6.26. The first kappa shape index (κ1) is 14.4. The molecule has 5 heteroatoms. The van der Waals surface area contributed by atoms with Crippen molar-refractivity contribution in [3.63, 3.8) is 0 Å². The number of fused-ring (bicyclic) bond motifs is 1. The lowest BCUT2D eigenvalue weighted by Gasteiger charge is -2.32. The van der Waals surface area contributed by atoms with Gasteiger partial charge in [-0.1, -0.05) is 22.0 Å². The van der Waals surface area contributed by atoms with E-state index in [1.165, 1.54) is 6.42 Å². The fourth-order valence-electron chi connectivity index (χ4n) is 2.98. The van der Waals surface area contributed by atoms with Crippen LogP contribution in [0.2, 0.25) is 0 Å². The van der Waals surface area contributed by atoms with Gasteiger partial charge >= 0.3 is 0 Å². The van der Waals surface area contributed by atoms with Crippen LogP contribution in [0.15, 0.2) is 30.6 Å². The first-order valence-electron chi connectivity index (χ1n) is 7.34. The van der Waals surface area contributed by atoms with Crippen LogP contribution in [0.1, 0.15) is 29.6 Å². The lowest BCUT2D eigenvalue weighted by molar-refractivity contribution is 0.0674. The Kier molecular flexibility index (Phi) is 4.48. The maximum absolute atomic E-state index is 12.8. The number of nitrogens with zero attached hydrogens (tertiary/aromatic N) is 3. The Balaban J connectivity index is 1.86. The van der Waals surface area contributed by atoms with Gasteiger partial charge in [0, 0.05) is 30.8 Å². The highest BCUT2D eigenvalue weighted by molar-refractivity contribution is 9.09. The molecule has 110 valence electrons. The van der Waals surface area contributed by atoms with Gasteiger partial charge in [-0.05, 0) is 37.3 Å². The molecule has 1 amide bonds. The van der Waals surface area contributed by atoms with E-state index in [1.54, 1.807) is 12.4 Å². The number of hydrogen-bond donors (Lipinski definition) is 0. The molecule has 2 aromatic rings. The molecule has 1 unspecified atom stereocenters. The first-order chi connectivity index (χ1) is 10.3. The molecule has 3 rings (SSSR count). The highest BCUT2D eigenvalue weighted by Gasteiger charge is 2.25. The maximum atomic E-state index is 12.8. The molecule has 1 saturated heterocycles. The van der Waals surface area contributed by atoms with Gasteiger partial charge in [0.05, 0.1) is 11.1 Å². The summed E-state index contributed by atoms with van der Waals surface area (Å²) < 4.78 is 0. The molecule has 1 aliphatic heterocycles. The van der Waals surface area contributed by atoms with Crippen LogP contribution in [-0.4, -0.2) is 39.2 Å². The van der Waals surface area contributed by atoms with Crippen LogP contribution in [0.25, 0.3) is 11.0 Å². The molecule has 0 radical (unpaired) electrons. The smallest absolute Gasteiger partial charge is 0.256 e. The molecular weight excluding hydrogens is 330 g/mol. The minimum atomic E-state index is 0.0837. The van der Waals surface area contributed by atoms with E-state index in [4.69, 9.17) is 0 Å². The summed E-state index contributed by atoms with van der Waals surface area (Å²) in [6.07, 6.45) is 6.72. The van der Waals surface area contributed by atoms with E-state index in [9.17, 15) is 4.79 Å². The van der Waals surface area contributed by atoms with E-state index in [1.807, 2.05) is 23.1 Å². The van der Waals surface area contributed by atoms with E-state index in [-0.39, 0.29) is 5.91 Å². The van der Waals surface area contributed by atoms with Crippen LogP contribution in [-0.2, 0) is 0 Å². The molecule has 1 fully saturated rings. The minimum absolute atomic E-state index is 0.0837. The highest BCUT2D eigenvalue weighted by Crippen LogP contribution is 2.23. The third-order valence-electron chi connectivity index (χ3n) is 4.05. The van der Waals surface area contributed by atoms with Gasteiger partial charge in [-0.15, -0.1) is 0 Å². The molecule has 1 aromatic heterocycles. The first-order valence-corrected chi connectivity index (χ1v) is 8.46. The van der Waals surface area contributed by atoms with Gasteiger partial charge in [0.2, 0.25) is 0 Å². The number of amides is 1. The molecule has 1 aromatic carbocycles. The number of likely N-dealkylation sites (tertiary alicyclic amines) is 1. The molecule has 0 saturated carbocycles. The van der Waals surface area contributed by atoms with Gasteiger partial charge in [-0.25, -0.2) is 0 Å². The largest absolute Gasteiger partial charge is 0.338 e. The van der Waals surface area contributed by atoms with Crippen LogP contribution in [0.3, 0.4) is 0 Å². The summed E-state index contributed by atoms with van der Waals surface area (Å²) in [6, 6.07) is 5.63. The second kappa shape index (κ2) is 6.52. The number of carbonyl (C=O) groups excluding carboxylic acids is 1. The minimum Gasteiger partial charge on any atom is -0.338 e.